The SMILES string of the molecule is CCOC(=O)c1ccc(CNC(=NC)NCCc2c[nH]c3cc(F)ccc23)cc1. The maximum Gasteiger partial charge on any atom is 0.338 e. The van der Waals surface area contributed by atoms with Crippen molar-refractivity contribution < 1.29 is 13.9 Å². The summed E-state index contributed by atoms with van der Waals surface area (Å²) in [7, 11) is 1.72. The number of guanidine groups is 1. The number of fused-ring (bicyclic) bond motifs is 1. The summed E-state index contributed by atoms with van der Waals surface area (Å²) in [6.45, 7) is 3.41. The first kappa shape index (κ1) is 20.4. The van der Waals surface area contributed by atoms with E-state index in [9.17, 15) is 9.18 Å². The zero-order chi connectivity index (χ0) is 20.6. The van der Waals surface area contributed by atoms with Crippen LogP contribution in [0.4, 0.5) is 4.39 Å². The van der Waals surface area contributed by atoms with Crippen molar-refractivity contribution in [3.8, 4) is 0 Å². The average molecular weight is 396 g/mol. The molecule has 3 N–H and O–H groups in total. The number of aliphatic imine (C=N–C) groups is 1. The third kappa shape index (κ3) is 5.34. The number of nitrogens with one attached hydrogen (secondary N) is 3. The lowest BCUT2D eigenvalue weighted by molar-refractivity contribution is 0.0526. The van der Waals surface area contributed by atoms with Crippen LogP contribution in [0.2, 0.25) is 0 Å². The predicted octanol–water partition coefficient (Wildman–Crippen LogP) is 3.39. The number of carbonyl (C=O) groups is 1. The van der Waals surface area contributed by atoms with E-state index in [0.717, 1.165) is 28.5 Å². The Labute approximate surface area is 169 Å². The van der Waals surface area contributed by atoms with Crippen molar-refractivity contribution >= 4 is 22.8 Å². The quantitative estimate of drug-likeness (QED) is 0.325. The minimum absolute atomic E-state index is 0.246. The van der Waals surface area contributed by atoms with Crippen LogP contribution in [0.3, 0.4) is 0 Å². The number of H-pyrrole nitrogens is 1. The van der Waals surface area contributed by atoms with E-state index < -0.39 is 0 Å². The van der Waals surface area contributed by atoms with Gasteiger partial charge in [0.2, 0.25) is 0 Å². The van der Waals surface area contributed by atoms with Crippen LogP contribution < -0.4 is 10.6 Å². The first-order valence-electron chi connectivity index (χ1n) is 9.56. The molecule has 0 bridgehead atoms. The Morgan fingerprint density at radius 2 is 1.97 bits per heavy atom. The van der Waals surface area contributed by atoms with Crippen molar-refractivity contribution in [1.29, 1.82) is 0 Å². The largest absolute Gasteiger partial charge is 0.462 e. The summed E-state index contributed by atoms with van der Waals surface area (Å²) in [5.74, 6) is 0.124. The van der Waals surface area contributed by atoms with Gasteiger partial charge in [0.15, 0.2) is 5.96 Å². The number of carbonyl (C=O) groups excluding carboxylic acids is 1. The number of rotatable bonds is 7. The van der Waals surface area contributed by atoms with Gasteiger partial charge in [0.05, 0.1) is 12.2 Å². The molecule has 1 aromatic heterocycles. The van der Waals surface area contributed by atoms with Gasteiger partial charge in [-0.05, 0) is 54.8 Å². The molecule has 152 valence electrons. The number of aromatic nitrogens is 1. The Hall–Kier alpha value is -3.35. The zero-order valence-corrected chi connectivity index (χ0v) is 16.6. The zero-order valence-electron chi connectivity index (χ0n) is 16.6. The summed E-state index contributed by atoms with van der Waals surface area (Å²) in [4.78, 5) is 19.0. The topological polar surface area (TPSA) is 78.5 Å². The minimum atomic E-state index is -0.315. The first-order valence-corrected chi connectivity index (χ1v) is 9.56. The molecule has 2 aromatic carbocycles. The Balaban J connectivity index is 1.48. The Bertz CT molecular complexity index is 996. The monoisotopic (exact) mass is 396 g/mol. The third-order valence-corrected chi connectivity index (χ3v) is 4.56. The highest BCUT2D eigenvalue weighted by atomic mass is 19.1. The average Bonchev–Trinajstić information content (AvgIpc) is 3.13. The first-order chi connectivity index (χ1) is 14.1. The van der Waals surface area contributed by atoms with Crippen LogP contribution in [-0.4, -0.2) is 37.1 Å². The Morgan fingerprint density at radius 3 is 2.69 bits per heavy atom. The van der Waals surface area contributed by atoms with Gasteiger partial charge >= 0.3 is 5.97 Å². The number of benzene rings is 2. The standard InChI is InChI=1S/C22H25FN4O2/c1-3-29-21(28)16-6-4-15(5-7-16)13-27-22(24-2)25-11-10-17-14-26-20-12-18(23)8-9-19(17)20/h4-9,12,14,26H,3,10-11,13H2,1-2H3,(H2,24,25,27). The summed E-state index contributed by atoms with van der Waals surface area (Å²) in [5, 5.41) is 7.55. The number of esters is 1. The highest BCUT2D eigenvalue weighted by Crippen LogP contribution is 2.19. The molecule has 3 rings (SSSR count). The number of halogens is 1. The van der Waals surface area contributed by atoms with Gasteiger partial charge in [-0.25, -0.2) is 9.18 Å². The van der Waals surface area contributed by atoms with Gasteiger partial charge in [-0.3, -0.25) is 4.99 Å². The van der Waals surface area contributed by atoms with E-state index in [2.05, 4.69) is 20.6 Å². The van der Waals surface area contributed by atoms with E-state index in [1.165, 1.54) is 12.1 Å². The summed E-state index contributed by atoms with van der Waals surface area (Å²) in [6, 6.07) is 12.1. The molecular formula is C22H25FN4O2. The molecule has 29 heavy (non-hydrogen) atoms. The van der Waals surface area contributed by atoms with E-state index in [1.54, 1.807) is 32.2 Å². The molecule has 0 unspecified atom stereocenters. The maximum atomic E-state index is 13.3. The molecule has 0 spiro atoms. The number of hydrogen-bond acceptors (Lipinski definition) is 3. The molecule has 3 aromatic rings. The smallest absolute Gasteiger partial charge is 0.338 e. The lowest BCUT2D eigenvalue weighted by Gasteiger charge is -2.12. The summed E-state index contributed by atoms with van der Waals surface area (Å²) < 4.78 is 18.3. The predicted molar refractivity (Wildman–Crippen MR) is 113 cm³/mol. The van der Waals surface area contributed by atoms with Crippen LogP contribution in [0.25, 0.3) is 10.9 Å². The number of ether oxygens (including phenoxy) is 1. The van der Waals surface area contributed by atoms with Crippen molar-refractivity contribution in [3.63, 3.8) is 0 Å². The molecule has 0 amide bonds. The Morgan fingerprint density at radius 1 is 1.17 bits per heavy atom. The highest BCUT2D eigenvalue weighted by Gasteiger charge is 2.07. The molecule has 0 saturated carbocycles. The third-order valence-electron chi connectivity index (χ3n) is 4.56. The van der Waals surface area contributed by atoms with Gasteiger partial charge in [0.25, 0.3) is 0 Å². The summed E-state index contributed by atoms with van der Waals surface area (Å²) in [5.41, 5.74) is 3.49. The van der Waals surface area contributed by atoms with Crippen LogP contribution in [-0.2, 0) is 17.7 Å². The molecule has 6 nitrogen and oxygen atoms in total. The normalized spacial score (nSPS) is 11.5. The highest BCUT2D eigenvalue weighted by molar-refractivity contribution is 5.89. The molecule has 0 radical (unpaired) electrons. The van der Waals surface area contributed by atoms with Crippen molar-refractivity contribution in [1.82, 2.24) is 15.6 Å². The van der Waals surface area contributed by atoms with Crippen LogP contribution >= 0.6 is 0 Å². The van der Waals surface area contributed by atoms with E-state index in [1.807, 2.05) is 18.3 Å². The molecule has 7 heteroatoms. The van der Waals surface area contributed by atoms with Gasteiger partial charge in [-0.2, -0.15) is 0 Å². The van der Waals surface area contributed by atoms with E-state index in [-0.39, 0.29) is 11.8 Å². The molecule has 0 atom stereocenters. The van der Waals surface area contributed by atoms with E-state index in [4.69, 9.17) is 4.74 Å². The van der Waals surface area contributed by atoms with E-state index >= 15 is 0 Å². The van der Waals surface area contributed by atoms with Gasteiger partial charge in [-0.1, -0.05) is 12.1 Å². The van der Waals surface area contributed by atoms with Crippen molar-refractivity contribution in [2.24, 2.45) is 4.99 Å². The number of nitrogens with zero attached hydrogens (tertiary/aromatic N) is 1. The second kappa shape index (κ2) is 9.73. The molecule has 0 fully saturated rings. The number of aromatic amines is 1. The fraction of sp³-hybridized carbons (Fsp3) is 0.273. The minimum Gasteiger partial charge on any atom is -0.462 e. The van der Waals surface area contributed by atoms with E-state index in [0.29, 0.717) is 31.2 Å². The summed E-state index contributed by atoms with van der Waals surface area (Å²) in [6.07, 6.45) is 2.69. The van der Waals surface area contributed by atoms with Crippen LogP contribution in [0.5, 0.6) is 0 Å². The van der Waals surface area contributed by atoms with Crippen molar-refractivity contribution in [2.75, 3.05) is 20.2 Å². The second-order valence-electron chi connectivity index (χ2n) is 6.52. The molecule has 0 aliphatic carbocycles. The van der Waals surface area contributed by atoms with Gasteiger partial charge in [-0.15, -0.1) is 0 Å². The fourth-order valence-electron chi connectivity index (χ4n) is 3.06. The number of hydrogen-bond donors (Lipinski definition) is 3. The lowest BCUT2D eigenvalue weighted by atomic mass is 10.1. The second-order valence-corrected chi connectivity index (χ2v) is 6.52. The van der Waals surface area contributed by atoms with Crippen molar-refractivity contribution in [2.45, 2.75) is 19.9 Å². The van der Waals surface area contributed by atoms with Gasteiger partial charge in [0.1, 0.15) is 5.82 Å². The lowest BCUT2D eigenvalue weighted by Crippen LogP contribution is -2.37. The summed E-state index contributed by atoms with van der Waals surface area (Å²) >= 11 is 0. The molecule has 1 heterocycles. The molecular weight excluding hydrogens is 371 g/mol. The van der Waals surface area contributed by atoms with Crippen molar-refractivity contribution in [3.05, 3.63) is 71.2 Å². The molecule has 0 saturated heterocycles. The maximum absolute atomic E-state index is 13.3. The van der Waals surface area contributed by atoms with Crippen LogP contribution in [0.15, 0.2) is 53.7 Å². The van der Waals surface area contributed by atoms with Crippen LogP contribution in [0.1, 0.15) is 28.4 Å². The molecule has 0 aliphatic rings. The fourth-order valence-corrected chi connectivity index (χ4v) is 3.06. The molecule has 0 aliphatic heterocycles. The Kier molecular flexibility index (Phi) is 6.84. The van der Waals surface area contributed by atoms with Gasteiger partial charge < -0.3 is 20.4 Å². The van der Waals surface area contributed by atoms with Crippen LogP contribution in [0, 0.1) is 5.82 Å². The van der Waals surface area contributed by atoms with Gasteiger partial charge in [0, 0.05) is 37.2 Å².